The van der Waals surface area contributed by atoms with Crippen molar-refractivity contribution in [3.63, 3.8) is 0 Å². The lowest BCUT2D eigenvalue weighted by Crippen LogP contribution is -2.49. The van der Waals surface area contributed by atoms with Crippen LogP contribution in [0.4, 0.5) is 5.82 Å². The molecule has 30 heavy (non-hydrogen) atoms. The maximum atomic E-state index is 12.6. The van der Waals surface area contributed by atoms with E-state index in [9.17, 15) is 9.59 Å². The normalized spacial score (nSPS) is 14.0. The Kier molecular flexibility index (Phi) is 5.88. The van der Waals surface area contributed by atoms with Crippen LogP contribution < -0.4 is 9.64 Å². The second-order valence-electron chi connectivity index (χ2n) is 7.24. The van der Waals surface area contributed by atoms with Crippen LogP contribution in [0.2, 0.25) is 0 Å². The molecule has 4 rings (SSSR count). The third kappa shape index (κ3) is 4.40. The Morgan fingerprint density at radius 3 is 2.33 bits per heavy atom. The molecule has 0 unspecified atom stereocenters. The molecule has 0 saturated carbocycles. The molecule has 0 spiro atoms. The molecule has 1 aromatic heterocycles. The number of hydrogen-bond donors (Lipinski definition) is 0. The first kappa shape index (κ1) is 19.8. The van der Waals surface area contributed by atoms with Gasteiger partial charge in [0.05, 0.1) is 24.3 Å². The molecule has 7 heteroatoms. The minimum Gasteiger partial charge on any atom is -0.497 e. The molecule has 1 aliphatic rings. The summed E-state index contributed by atoms with van der Waals surface area (Å²) in [5.74, 6) is 1.52. The van der Waals surface area contributed by atoms with Gasteiger partial charge in [0.15, 0.2) is 5.78 Å². The van der Waals surface area contributed by atoms with Gasteiger partial charge < -0.3 is 14.5 Å². The van der Waals surface area contributed by atoms with Crippen molar-refractivity contribution in [1.82, 2.24) is 14.9 Å². The van der Waals surface area contributed by atoms with Gasteiger partial charge in [-0.15, -0.1) is 0 Å². The third-order valence-electron chi connectivity index (χ3n) is 5.37. The number of methoxy groups -OCH3 is 1. The second kappa shape index (κ2) is 8.90. The summed E-state index contributed by atoms with van der Waals surface area (Å²) in [6.07, 6.45) is 2.22. The van der Waals surface area contributed by atoms with Crippen molar-refractivity contribution in [3.05, 3.63) is 60.3 Å². The Morgan fingerprint density at radius 1 is 0.933 bits per heavy atom. The van der Waals surface area contributed by atoms with E-state index >= 15 is 0 Å². The summed E-state index contributed by atoms with van der Waals surface area (Å²) < 4.78 is 5.10. The predicted molar refractivity (Wildman–Crippen MR) is 115 cm³/mol. The first-order valence-electron chi connectivity index (χ1n) is 10.1. The summed E-state index contributed by atoms with van der Waals surface area (Å²) >= 11 is 0. The zero-order valence-electron chi connectivity index (χ0n) is 17.0. The fourth-order valence-corrected chi connectivity index (χ4v) is 3.58. The quantitative estimate of drug-likeness (QED) is 0.588. The highest BCUT2D eigenvalue weighted by atomic mass is 16.5. The summed E-state index contributed by atoms with van der Waals surface area (Å²) in [5, 5.41) is 0. The van der Waals surface area contributed by atoms with Crippen molar-refractivity contribution in [2.75, 3.05) is 38.2 Å². The summed E-state index contributed by atoms with van der Waals surface area (Å²) in [4.78, 5) is 38.0. The number of para-hydroxylation sites is 2. The number of ketones is 1. The molecule has 0 atom stereocenters. The summed E-state index contributed by atoms with van der Waals surface area (Å²) in [7, 11) is 1.59. The second-order valence-corrected chi connectivity index (χ2v) is 7.24. The zero-order chi connectivity index (χ0) is 20.9. The van der Waals surface area contributed by atoms with Crippen LogP contribution in [-0.4, -0.2) is 59.8 Å². The number of anilines is 1. The molecule has 1 saturated heterocycles. The first-order chi connectivity index (χ1) is 14.6. The van der Waals surface area contributed by atoms with E-state index in [1.165, 1.54) is 0 Å². The summed E-state index contributed by atoms with van der Waals surface area (Å²) in [6.45, 7) is 2.63. The number of piperazine rings is 1. The van der Waals surface area contributed by atoms with Crippen LogP contribution in [0, 0.1) is 0 Å². The largest absolute Gasteiger partial charge is 0.497 e. The highest BCUT2D eigenvalue weighted by Crippen LogP contribution is 2.18. The van der Waals surface area contributed by atoms with Crippen molar-refractivity contribution < 1.29 is 14.3 Å². The van der Waals surface area contributed by atoms with Gasteiger partial charge >= 0.3 is 0 Å². The maximum Gasteiger partial charge on any atom is 0.223 e. The van der Waals surface area contributed by atoms with Gasteiger partial charge in [0.25, 0.3) is 0 Å². The first-order valence-corrected chi connectivity index (χ1v) is 10.1. The molecule has 7 nitrogen and oxygen atoms in total. The molecule has 0 bridgehead atoms. The highest BCUT2D eigenvalue weighted by molar-refractivity contribution is 5.98. The van der Waals surface area contributed by atoms with E-state index in [0.29, 0.717) is 37.5 Å². The van der Waals surface area contributed by atoms with E-state index in [-0.39, 0.29) is 24.5 Å². The molecule has 0 radical (unpaired) electrons. The van der Waals surface area contributed by atoms with Gasteiger partial charge in [-0.25, -0.2) is 4.98 Å². The Balaban J connectivity index is 1.28. The molecule has 154 valence electrons. The average Bonchev–Trinajstić information content (AvgIpc) is 2.82. The van der Waals surface area contributed by atoms with Gasteiger partial charge in [0.1, 0.15) is 11.6 Å². The van der Waals surface area contributed by atoms with Gasteiger partial charge in [-0.05, 0) is 36.4 Å². The van der Waals surface area contributed by atoms with Crippen molar-refractivity contribution in [2.45, 2.75) is 12.8 Å². The number of carbonyl (C=O) groups is 2. The number of Topliss-reactive ketones (excluding diaryl/α,β-unsaturated/α-hetero) is 1. The van der Waals surface area contributed by atoms with Crippen LogP contribution in [0.1, 0.15) is 23.2 Å². The van der Waals surface area contributed by atoms with E-state index in [2.05, 4.69) is 14.9 Å². The molecule has 3 aromatic rings. The maximum absolute atomic E-state index is 12.6. The number of fused-ring (bicyclic) bond motifs is 1. The van der Waals surface area contributed by atoms with Crippen molar-refractivity contribution in [2.24, 2.45) is 0 Å². The molecule has 2 aromatic carbocycles. The van der Waals surface area contributed by atoms with Gasteiger partial charge in [-0.3, -0.25) is 14.6 Å². The number of ether oxygens (including phenoxy) is 1. The standard InChI is InChI=1S/C23H24N4O3/c1-30-18-8-6-17(7-9-18)21(28)10-11-23(29)27-14-12-26(13-15-27)22-16-24-19-4-2-3-5-20(19)25-22/h2-9,16H,10-15H2,1H3. The zero-order valence-corrected chi connectivity index (χ0v) is 17.0. The van der Waals surface area contributed by atoms with Gasteiger partial charge in [0, 0.05) is 44.6 Å². The smallest absolute Gasteiger partial charge is 0.223 e. The Hall–Kier alpha value is -3.48. The molecule has 1 fully saturated rings. The topological polar surface area (TPSA) is 75.6 Å². The number of rotatable bonds is 6. The number of aromatic nitrogens is 2. The van der Waals surface area contributed by atoms with Crippen molar-refractivity contribution in [1.29, 1.82) is 0 Å². The van der Waals surface area contributed by atoms with E-state index in [1.807, 2.05) is 29.2 Å². The molecular formula is C23H24N4O3. The lowest BCUT2D eigenvalue weighted by atomic mass is 10.1. The van der Waals surface area contributed by atoms with E-state index < -0.39 is 0 Å². The molecule has 0 N–H and O–H groups in total. The van der Waals surface area contributed by atoms with Gasteiger partial charge in [0.2, 0.25) is 5.91 Å². The van der Waals surface area contributed by atoms with Crippen LogP contribution in [0.25, 0.3) is 11.0 Å². The lowest BCUT2D eigenvalue weighted by molar-refractivity contribution is -0.131. The average molecular weight is 404 g/mol. The predicted octanol–water partition coefficient (Wildman–Crippen LogP) is 2.95. The lowest BCUT2D eigenvalue weighted by Gasteiger charge is -2.35. The van der Waals surface area contributed by atoms with Gasteiger partial charge in [-0.2, -0.15) is 0 Å². The van der Waals surface area contributed by atoms with Crippen LogP contribution in [0.3, 0.4) is 0 Å². The fourth-order valence-electron chi connectivity index (χ4n) is 3.58. The Morgan fingerprint density at radius 2 is 1.63 bits per heavy atom. The monoisotopic (exact) mass is 404 g/mol. The SMILES string of the molecule is COc1ccc(C(=O)CCC(=O)N2CCN(c3cnc4ccccc4n3)CC2)cc1. The molecule has 2 heterocycles. The van der Waals surface area contributed by atoms with Gasteiger partial charge in [-0.1, -0.05) is 12.1 Å². The van der Waals surface area contributed by atoms with E-state index in [1.54, 1.807) is 37.6 Å². The fraction of sp³-hybridized carbons (Fsp3) is 0.304. The minimum atomic E-state index is -0.0314. The van der Waals surface area contributed by atoms with E-state index in [4.69, 9.17) is 4.74 Å². The minimum absolute atomic E-state index is 0.0149. The Bertz CT molecular complexity index is 1040. The molecule has 0 aliphatic carbocycles. The number of hydrogen-bond acceptors (Lipinski definition) is 6. The molecule has 1 aliphatic heterocycles. The molecular weight excluding hydrogens is 380 g/mol. The summed E-state index contributed by atoms with van der Waals surface area (Å²) in [6, 6.07) is 14.8. The number of carbonyl (C=O) groups excluding carboxylic acids is 2. The number of amides is 1. The Labute approximate surface area is 175 Å². The van der Waals surface area contributed by atoms with Crippen molar-refractivity contribution in [3.8, 4) is 5.75 Å². The van der Waals surface area contributed by atoms with Crippen LogP contribution in [0.5, 0.6) is 5.75 Å². The van der Waals surface area contributed by atoms with Crippen LogP contribution in [0.15, 0.2) is 54.7 Å². The van der Waals surface area contributed by atoms with E-state index in [0.717, 1.165) is 16.9 Å². The molecule has 1 amide bonds. The van der Waals surface area contributed by atoms with Crippen molar-refractivity contribution >= 4 is 28.5 Å². The highest BCUT2D eigenvalue weighted by Gasteiger charge is 2.22. The third-order valence-corrected chi connectivity index (χ3v) is 5.37. The summed E-state index contributed by atoms with van der Waals surface area (Å²) in [5.41, 5.74) is 2.34. The number of benzene rings is 2. The number of nitrogens with zero attached hydrogens (tertiary/aromatic N) is 4. The van der Waals surface area contributed by atoms with Crippen LogP contribution >= 0.6 is 0 Å². The van der Waals surface area contributed by atoms with Crippen LogP contribution in [-0.2, 0) is 4.79 Å².